The molecule has 0 bridgehead atoms. The topological polar surface area (TPSA) is 73.9 Å². The van der Waals surface area contributed by atoms with Crippen LogP contribution in [0.1, 0.15) is 57.7 Å². The van der Waals surface area contributed by atoms with Crippen molar-refractivity contribution in [1.29, 1.82) is 0 Å². The van der Waals surface area contributed by atoms with Gasteiger partial charge in [-0.05, 0) is 32.8 Å². The van der Waals surface area contributed by atoms with Gasteiger partial charge in [0.25, 0.3) is 0 Å². The summed E-state index contributed by atoms with van der Waals surface area (Å²) >= 11 is 0. The van der Waals surface area contributed by atoms with Crippen LogP contribution in [0.15, 0.2) is 6.07 Å². The number of H-pyrrole nitrogens is 1. The molecule has 2 aromatic heterocycles. The van der Waals surface area contributed by atoms with Crippen molar-refractivity contribution in [3.8, 4) is 0 Å². The minimum Gasteiger partial charge on any atom is -0.366 e. The zero-order valence-corrected chi connectivity index (χ0v) is 16.5. The second-order valence-electron chi connectivity index (χ2n) is 7.97. The first-order valence-corrected chi connectivity index (χ1v) is 9.59. The largest absolute Gasteiger partial charge is 0.417 e. The SMILES string of the molecule is CC(C)Nc1n[nH]c2nc(C3CCCN(C(=O)C(C)C)C3)cc(C(F)(F)F)c12. The third-order valence-corrected chi connectivity index (χ3v) is 4.93. The maximum atomic E-state index is 13.8. The number of hydrogen-bond acceptors (Lipinski definition) is 4. The van der Waals surface area contributed by atoms with Gasteiger partial charge in [0.2, 0.25) is 5.91 Å². The monoisotopic (exact) mass is 397 g/mol. The molecule has 1 fully saturated rings. The normalized spacial score (nSPS) is 18.3. The molecule has 1 unspecified atom stereocenters. The first-order chi connectivity index (χ1) is 13.1. The van der Waals surface area contributed by atoms with Gasteiger partial charge in [-0.25, -0.2) is 4.98 Å². The molecule has 2 aromatic rings. The fourth-order valence-corrected chi connectivity index (χ4v) is 3.64. The van der Waals surface area contributed by atoms with Crippen molar-refractivity contribution in [2.24, 2.45) is 5.92 Å². The lowest BCUT2D eigenvalue weighted by Gasteiger charge is -2.33. The molecule has 9 heteroatoms. The summed E-state index contributed by atoms with van der Waals surface area (Å²) in [5.41, 5.74) is -0.294. The highest BCUT2D eigenvalue weighted by molar-refractivity contribution is 5.91. The Hall–Kier alpha value is -2.32. The standard InChI is InChI=1S/C19H26F3N5O/c1-10(2)18(28)27-7-5-6-12(9-27)14-8-13(19(20,21)22)15-16(23-11(3)4)25-26-17(15)24-14/h8,10-12H,5-7,9H2,1-4H3,(H2,23,24,25,26). The van der Waals surface area contributed by atoms with Crippen molar-refractivity contribution in [1.82, 2.24) is 20.1 Å². The number of pyridine rings is 1. The van der Waals surface area contributed by atoms with E-state index in [9.17, 15) is 18.0 Å². The van der Waals surface area contributed by atoms with E-state index in [0.29, 0.717) is 25.2 Å². The smallest absolute Gasteiger partial charge is 0.366 e. The summed E-state index contributed by atoms with van der Waals surface area (Å²) < 4.78 is 41.4. The van der Waals surface area contributed by atoms with Crippen molar-refractivity contribution in [2.75, 3.05) is 18.4 Å². The van der Waals surface area contributed by atoms with Gasteiger partial charge in [-0.1, -0.05) is 13.8 Å². The lowest BCUT2D eigenvalue weighted by atomic mass is 9.92. The van der Waals surface area contributed by atoms with E-state index in [2.05, 4.69) is 20.5 Å². The molecule has 0 aromatic carbocycles. The van der Waals surface area contributed by atoms with Gasteiger partial charge in [0.05, 0.1) is 10.9 Å². The van der Waals surface area contributed by atoms with Gasteiger partial charge in [0.15, 0.2) is 11.5 Å². The molecule has 1 aliphatic rings. The number of nitrogens with one attached hydrogen (secondary N) is 2. The van der Waals surface area contributed by atoms with Gasteiger partial charge >= 0.3 is 6.18 Å². The Labute approximate surface area is 161 Å². The molecule has 0 radical (unpaired) electrons. The Bertz CT molecular complexity index is 859. The Balaban J connectivity index is 2.02. The van der Waals surface area contributed by atoms with Crippen LogP contribution in [0.25, 0.3) is 11.0 Å². The minimum atomic E-state index is -4.53. The number of alkyl halides is 3. The van der Waals surface area contributed by atoms with E-state index in [-0.39, 0.29) is 40.6 Å². The molecular weight excluding hydrogens is 371 g/mol. The predicted molar refractivity (Wildman–Crippen MR) is 101 cm³/mol. The van der Waals surface area contributed by atoms with Gasteiger partial charge in [-0.3, -0.25) is 9.89 Å². The molecular formula is C19H26F3N5O. The van der Waals surface area contributed by atoms with Gasteiger partial charge in [0.1, 0.15) is 0 Å². The lowest BCUT2D eigenvalue weighted by molar-refractivity contribution is -0.137. The Morgan fingerprint density at radius 3 is 2.64 bits per heavy atom. The van der Waals surface area contributed by atoms with Crippen LogP contribution in [-0.2, 0) is 11.0 Å². The van der Waals surface area contributed by atoms with Gasteiger partial charge in [-0.15, -0.1) is 0 Å². The maximum absolute atomic E-state index is 13.8. The predicted octanol–water partition coefficient (Wildman–Crippen LogP) is 4.16. The number of halogens is 3. The molecule has 2 N–H and O–H groups in total. The number of aromatic amines is 1. The Morgan fingerprint density at radius 1 is 1.32 bits per heavy atom. The number of aromatic nitrogens is 3. The number of amides is 1. The van der Waals surface area contributed by atoms with Crippen LogP contribution in [0.5, 0.6) is 0 Å². The highest BCUT2D eigenvalue weighted by atomic mass is 19.4. The fraction of sp³-hybridized carbons (Fsp3) is 0.632. The van der Waals surface area contributed by atoms with Crippen molar-refractivity contribution in [3.63, 3.8) is 0 Å². The average Bonchev–Trinajstić information content (AvgIpc) is 3.01. The Morgan fingerprint density at radius 2 is 2.04 bits per heavy atom. The average molecular weight is 397 g/mol. The summed E-state index contributed by atoms with van der Waals surface area (Å²) in [6.07, 6.45) is -3.09. The fourth-order valence-electron chi connectivity index (χ4n) is 3.64. The molecule has 1 atom stereocenters. The van der Waals surface area contributed by atoms with E-state index in [0.717, 1.165) is 12.5 Å². The van der Waals surface area contributed by atoms with Crippen LogP contribution in [0, 0.1) is 5.92 Å². The van der Waals surface area contributed by atoms with Gasteiger partial charge in [-0.2, -0.15) is 18.3 Å². The molecule has 6 nitrogen and oxygen atoms in total. The van der Waals surface area contributed by atoms with Crippen LogP contribution in [0.2, 0.25) is 0 Å². The van der Waals surface area contributed by atoms with E-state index in [1.807, 2.05) is 27.7 Å². The number of carbonyl (C=O) groups excluding carboxylic acids is 1. The summed E-state index contributed by atoms with van der Waals surface area (Å²) in [5, 5.41) is 9.53. The van der Waals surface area contributed by atoms with Crippen LogP contribution < -0.4 is 5.32 Å². The van der Waals surface area contributed by atoms with E-state index >= 15 is 0 Å². The lowest BCUT2D eigenvalue weighted by Crippen LogP contribution is -2.41. The second kappa shape index (κ2) is 7.60. The highest BCUT2D eigenvalue weighted by Gasteiger charge is 2.37. The van der Waals surface area contributed by atoms with Crippen LogP contribution >= 0.6 is 0 Å². The molecule has 1 saturated heterocycles. The van der Waals surface area contributed by atoms with Crippen molar-refractivity contribution < 1.29 is 18.0 Å². The number of rotatable bonds is 4. The second-order valence-corrected chi connectivity index (χ2v) is 7.97. The zero-order valence-electron chi connectivity index (χ0n) is 16.5. The highest BCUT2D eigenvalue weighted by Crippen LogP contribution is 2.39. The third kappa shape index (κ3) is 4.07. The van der Waals surface area contributed by atoms with Crippen molar-refractivity contribution >= 4 is 22.8 Å². The van der Waals surface area contributed by atoms with Crippen LogP contribution in [0.4, 0.5) is 19.0 Å². The zero-order chi connectivity index (χ0) is 20.6. The molecule has 0 aliphatic carbocycles. The summed E-state index contributed by atoms with van der Waals surface area (Å²) in [5.74, 6) is -0.202. The van der Waals surface area contributed by atoms with Crippen molar-refractivity contribution in [2.45, 2.75) is 58.7 Å². The number of carbonyl (C=O) groups is 1. The molecule has 0 spiro atoms. The molecule has 1 amide bonds. The van der Waals surface area contributed by atoms with E-state index in [4.69, 9.17) is 0 Å². The number of nitrogens with zero attached hydrogens (tertiary/aromatic N) is 3. The van der Waals surface area contributed by atoms with Crippen LogP contribution in [-0.4, -0.2) is 45.1 Å². The summed E-state index contributed by atoms with van der Waals surface area (Å²) in [6.45, 7) is 8.33. The van der Waals surface area contributed by atoms with E-state index in [1.54, 1.807) is 4.90 Å². The summed E-state index contributed by atoms with van der Waals surface area (Å²) in [6, 6.07) is 1.05. The van der Waals surface area contributed by atoms with E-state index in [1.165, 1.54) is 0 Å². The molecule has 3 heterocycles. The summed E-state index contributed by atoms with van der Waals surface area (Å²) in [7, 11) is 0. The third-order valence-electron chi connectivity index (χ3n) is 4.93. The van der Waals surface area contributed by atoms with Gasteiger partial charge in [0, 0.05) is 36.7 Å². The first-order valence-electron chi connectivity index (χ1n) is 9.59. The van der Waals surface area contributed by atoms with E-state index < -0.39 is 11.7 Å². The molecule has 154 valence electrons. The number of fused-ring (bicyclic) bond motifs is 1. The molecule has 28 heavy (non-hydrogen) atoms. The quantitative estimate of drug-likeness (QED) is 0.813. The maximum Gasteiger partial charge on any atom is 0.417 e. The molecule has 0 saturated carbocycles. The number of likely N-dealkylation sites (tertiary alicyclic amines) is 1. The Kier molecular flexibility index (Phi) is 5.54. The number of piperidine rings is 1. The number of anilines is 1. The molecule has 1 aliphatic heterocycles. The van der Waals surface area contributed by atoms with Crippen LogP contribution in [0.3, 0.4) is 0 Å². The first kappa shape index (κ1) is 20.4. The summed E-state index contributed by atoms with van der Waals surface area (Å²) in [4.78, 5) is 18.5. The molecule has 3 rings (SSSR count). The number of hydrogen-bond donors (Lipinski definition) is 2. The van der Waals surface area contributed by atoms with Crippen molar-refractivity contribution in [3.05, 3.63) is 17.3 Å². The van der Waals surface area contributed by atoms with Gasteiger partial charge < -0.3 is 10.2 Å². The minimum absolute atomic E-state index is 0.0202.